The van der Waals surface area contributed by atoms with Crippen LogP contribution in [0.25, 0.3) is 10.1 Å². The molecule has 0 saturated heterocycles. The fourth-order valence-corrected chi connectivity index (χ4v) is 3.80. The van der Waals surface area contributed by atoms with Crippen molar-refractivity contribution in [3.63, 3.8) is 0 Å². The molecule has 2 heterocycles. The van der Waals surface area contributed by atoms with Crippen molar-refractivity contribution in [2.24, 2.45) is 10.9 Å². The van der Waals surface area contributed by atoms with Crippen LogP contribution in [0.3, 0.4) is 0 Å². The lowest BCUT2D eigenvalue weighted by molar-refractivity contribution is 0.184. The van der Waals surface area contributed by atoms with E-state index < -0.39 is 6.10 Å². The number of aliphatic imine (C=N–C) groups is 1. The van der Waals surface area contributed by atoms with Gasteiger partial charge in [0.25, 0.3) is 0 Å². The molecule has 3 rings (SSSR count). The Kier molecular flexibility index (Phi) is 8.52. The zero-order chi connectivity index (χ0) is 18.4. The summed E-state index contributed by atoms with van der Waals surface area (Å²) >= 11 is 1.63. The Labute approximate surface area is 180 Å². The lowest BCUT2D eigenvalue weighted by atomic mass is 10.2. The SMILES string of the molecule is CN=C(NCC(C)Cn1cccn1)NCC(O)c1cc2ccccc2s1.I. The maximum absolute atomic E-state index is 10.5. The van der Waals surface area contributed by atoms with E-state index in [1.54, 1.807) is 24.6 Å². The first-order chi connectivity index (χ1) is 12.7. The van der Waals surface area contributed by atoms with E-state index in [0.717, 1.165) is 18.0 Å². The van der Waals surface area contributed by atoms with E-state index in [-0.39, 0.29) is 24.0 Å². The Balaban J connectivity index is 0.00000261. The molecule has 0 fully saturated rings. The molecule has 2 aromatic heterocycles. The molecule has 2 unspecified atom stereocenters. The van der Waals surface area contributed by atoms with Gasteiger partial charge in [0.2, 0.25) is 0 Å². The van der Waals surface area contributed by atoms with E-state index in [9.17, 15) is 5.11 Å². The molecule has 0 aliphatic rings. The first-order valence-corrected chi connectivity index (χ1v) is 9.56. The van der Waals surface area contributed by atoms with E-state index in [2.05, 4.69) is 45.8 Å². The van der Waals surface area contributed by atoms with Crippen LogP contribution in [-0.2, 0) is 6.54 Å². The van der Waals surface area contributed by atoms with Crippen molar-refractivity contribution in [1.82, 2.24) is 20.4 Å². The Morgan fingerprint density at radius 2 is 2.04 bits per heavy atom. The number of benzene rings is 1. The largest absolute Gasteiger partial charge is 0.386 e. The Hall–Kier alpha value is -1.65. The Morgan fingerprint density at radius 1 is 1.26 bits per heavy atom. The number of hydrogen-bond donors (Lipinski definition) is 3. The van der Waals surface area contributed by atoms with Crippen LogP contribution in [0.2, 0.25) is 0 Å². The monoisotopic (exact) mass is 499 g/mol. The van der Waals surface area contributed by atoms with E-state index in [1.165, 1.54) is 10.1 Å². The maximum atomic E-state index is 10.5. The van der Waals surface area contributed by atoms with Gasteiger partial charge in [-0.15, -0.1) is 35.3 Å². The number of aliphatic hydroxyl groups is 1. The van der Waals surface area contributed by atoms with Gasteiger partial charge in [0.15, 0.2) is 5.96 Å². The summed E-state index contributed by atoms with van der Waals surface area (Å²) in [5, 5.41) is 22.4. The van der Waals surface area contributed by atoms with Crippen LogP contribution in [-0.4, -0.2) is 41.0 Å². The van der Waals surface area contributed by atoms with E-state index in [4.69, 9.17) is 0 Å². The van der Waals surface area contributed by atoms with Crippen LogP contribution in [0.4, 0.5) is 0 Å². The topological polar surface area (TPSA) is 74.5 Å². The van der Waals surface area contributed by atoms with E-state index >= 15 is 0 Å². The summed E-state index contributed by atoms with van der Waals surface area (Å²) in [6.45, 7) is 4.20. The minimum Gasteiger partial charge on any atom is -0.386 e. The van der Waals surface area contributed by atoms with Gasteiger partial charge in [0.05, 0.1) is 0 Å². The zero-order valence-corrected chi connectivity index (χ0v) is 18.6. The molecule has 146 valence electrons. The first kappa shape index (κ1) is 21.6. The number of aliphatic hydroxyl groups excluding tert-OH is 1. The third-order valence-corrected chi connectivity index (χ3v) is 5.35. The molecule has 1 aromatic carbocycles. The molecular weight excluding hydrogens is 473 g/mol. The number of thiophene rings is 1. The highest BCUT2D eigenvalue weighted by molar-refractivity contribution is 14.0. The number of aromatic nitrogens is 2. The van der Waals surface area contributed by atoms with Crippen molar-refractivity contribution < 1.29 is 5.11 Å². The number of guanidine groups is 1. The summed E-state index contributed by atoms with van der Waals surface area (Å²) in [6, 6.07) is 12.1. The highest BCUT2D eigenvalue weighted by Crippen LogP contribution is 2.29. The minimum atomic E-state index is -0.563. The van der Waals surface area contributed by atoms with Crippen molar-refractivity contribution in [3.8, 4) is 0 Å². The average Bonchev–Trinajstić information content (AvgIpc) is 3.30. The van der Waals surface area contributed by atoms with Gasteiger partial charge >= 0.3 is 0 Å². The molecular formula is C19H26IN5OS. The minimum absolute atomic E-state index is 0. The van der Waals surface area contributed by atoms with E-state index in [0.29, 0.717) is 18.4 Å². The van der Waals surface area contributed by atoms with Gasteiger partial charge in [-0.3, -0.25) is 9.67 Å². The summed E-state index contributed by atoms with van der Waals surface area (Å²) in [7, 11) is 1.74. The fraction of sp³-hybridized carbons (Fsp3) is 0.368. The van der Waals surface area contributed by atoms with Gasteiger partial charge in [-0.25, -0.2) is 0 Å². The lowest BCUT2D eigenvalue weighted by Gasteiger charge is -2.17. The zero-order valence-electron chi connectivity index (χ0n) is 15.5. The third kappa shape index (κ3) is 6.18. The molecule has 2 atom stereocenters. The summed E-state index contributed by atoms with van der Waals surface area (Å²) in [5.74, 6) is 1.10. The van der Waals surface area contributed by atoms with Gasteiger partial charge in [-0.2, -0.15) is 5.10 Å². The average molecular weight is 499 g/mol. The predicted octanol–water partition coefficient (Wildman–Crippen LogP) is 3.25. The number of hydrogen-bond acceptors (Lipinski definition) is 4. The smallest absolute Gasteiger partial charge is 0.191 e. The highest BCUT2D eigenvalue weighted by atomic mass is 127. The molecule has 0 bridgehead atoms. The lowest BCUT2D eigenvalue weighted by Crippen LogP contribution is -2.41. The second-order valence-corrected chi connectivity index (χ2v) is 7.49. The van der Waals surface area contributed by atoms with Gasteiger partial charge in [-0.1, -0.05) is 25.1 Å². The summed E-state index contributed by atoms with van der Waals surface area (Å²) in [5.41, 5.74) is 0. The fourth-order valence-electron chi connectivity index (χ4n) is 2.74. The van der Waals surface area contributed by atoms with Crippen molar-refractivity contribution in [2.75, 3.05) is 20.1 Å². The van der Waals surface area contributed by atoms with Gasteiger partial charge < -0.3 is 15.7 Å². The van der Waals surface area contributed by atoms with Crippen molar-refractivity contribution in [3.05, 3.63) is 53.7 Å². The maximum Gasteiger partial charge on any atom is 0.191 e. The quantitative estimate of drug-likeness (QED) is 0.265. The molecule has 0 radical (unpaired) electrons. The van der Waals surface area contributed by atoms with Crippen LogP contribution >= 0.6 is 35.3 Å². The van der Waals surface area contributed by atoms with Crippen LogP contribution in [0.5, 0.6) is 0 Å². The number of halogens is 1. The summed E-state index contributed by atoms with van der Waals surface area (Å²) in [4.78, 5) is 5.19. The molecule has 0 aliphatic carbocycles. The third-order valence-electron chi connectivity index (χ3n) is 4.14. The van der Waals surface area contributed by atoms with Crippen LogP contribution in [0, 0.1) is 5.92 Å². The van der Waals surface area contributed by atoms with Crippen molar-refractivity contribution in [1.29, 1.82) is 0 Å². The second kappa shape index (κ2) is 10.6. The first-order valence-electron chi connectivity index (χ1n) is 8.74. The second-order valence-electron chi connectivity index (χ2n) is 6.37. The van der Waals surface area contributed by atoms with Crippen molar-refractivity contribution >= 4 is 51.4 Å². The van der Waals surface area contributed by atoms with Crippen LogP contribution in [0.1, 0.15) is 17.9 Å². The molecule has 0 aliphatic heterocycles. The van der Waals surface area contributed by atoms with Crippen LogP contribution in [0.15, 0.2) is 53.8 Å². The highest BCUT2D eigenvalue weighted by Gasteiger charge is 2.12. The standard InChI is InChI=1S/C19H25N5OS.HI/c1-14(13-24-9-5-8-23-24)11-21-19(20-2)22-12-16(25)18-10-15-6-3-4-7-17(15)26-18;/h3-10,14,16,25H,11-13H2,1-2H3,(H2,20,21,22);1H. The molecule has 0 saturated carbocycles. The number of nitrogens with one attached hydrogen (secondary N) is 2. The van der Waals surface area contributed by atoms with Gasteiger partial charge in [0.1, 0.15) is 6.10 Å². The molecule has 8 heteroatoms. The summed E-state index contributed by atoms with van der Waals surface area (Å²) in [6.07, 6.45) is 3.19. The molecule has 0 amide bonds. The normalized spacial score (nSPS) is 13.8. The Bertz CT molecular complexity index is 816. The number of nitrogens with zero attached hydrogens (tertiary/aromatic N) is 3. The Morgan fingerprint density at radius 3 is 2.74 bits per heavy atom. The molecule has 27 heavy (non-hydrogen) atoms. The number of rotatable bonds is 7. The predicted molar refractivity (Wildman–Crippen MR) is 123 cm³/mol. The summed E-state index contributed by atoms with van der Waals surface area (Å²) < 4.78 is 3.12. The molecule has 6 nitrogen and oxygen atoms in total. The molecule has 3 aromatic rings. The molecule has 3 N–H and O–H groups in total. The number of fused-ring (bicyclic) bond motifs is 1. The van der Waals surface area contributed by atoms with E-state index in [1.807, 2.05) is 29.1 Å². The van der Waals surface area contributed by atoms with Gasteiger partial charge in [0, 0.05) is 48.7 Å². The van der Waals surface area contributed by atoms with Crippen molar-refractivity contribution in [2.45, 2.75) is 19.6 Å². The van der Waals surface area contributed by atoms with Crippen LogP contribution < -0.4 is 10.6 Å². The van der Waals surface area contributed by atoms with Gasteiger partial charge in [-0.05, 0) is 29.5 Å². The molecule has 0 spiro atoms.